The molecule has 0 aliphatic carbocycles. The number of hydrogen-bond acceptors (Lipinski definition) is 4. The van der Waals surface area contributed by atoms with Crippen LogP contribution in [0.25, 0.3) is 10.9 Å². The van der Waals surface area contributed by atoms with Crippen LogP contribution in [0.3, 0.4) is 0 Å². The normalized spacial score (nSPS) is 13.6. The lowest BCUT2D eigenvalue weighted by molar-refractivity contribution is 0.575. The van der Waals surface area contributed by atoms with E-state index in [1.807, 2.05) is 6.92 Å². The van der Waals surface area contributed by atoms with Crippen molar-refractivity contribution in [2.45, 2.75) is 24.8 Å². The largest absolute Gasteiger partial charge is 0.327 e. The van der Waals surface area contributed by atoms with Crippen molar-refractivity contribution in [1.82, 2.24) is 9.71 Å². The quantitative estimate of drug-likeness (QED) is 0.879. The second kappa shape index (κ2) is 5.24. The van der Waals surface area contributed by atoms with Crippen LogP contribution in [0.5, 0.6) is 0 Å². The van der Waals surface area contributed by atoms with Crippen LogP contribution in [-0.4, -0.2) is 26.0 Å². The SMILES string of the molecule is Cc1ccc(S(=O)(=O)NCC(C)N)c2cccnc12. The van der Waals surface area contributed by atoms with Crippen molar-refractivity contribution in [1.29, 1.82) is 0 Å². The van der Waals surface area contributed by atoms with Crippen molar-refractivity contribution in [3.05, 3.63) is 36.0 Å². The predicted octanol–water partition coefficient (Wildman–Crippen LogP) is 1.17. The molecular formula is C13H17N3O2S. The molecule has 1 heterocycles. The molecule has 0 aliphatic heterocycles. The lowest BCUT2D eigenvalue weighted by atomic mass is 10.1. The van der Waals surface area contributed by atoms with Gasteiger partial charge in [0.25, 0.3) is 0 Å². The fraction of sp³-hybridized carbons (Fsp3) is 0.308. The molecule has 1 aromatic heterocycles. The smallest absolute Gasteiger partial charge is 0.241 e. The number of pyridine rings is 1. The minimum atomic E-state index is -3.57. The van der Waals surface area contributed by atoms with Gasteiger partial charge in [-0.3, -0.25) is 4.98 Å². The molecule has 19 heavy (non-hydrogen) atoms. The first kappa shape index (κ1) is 13.9. The Hall–Kier alpha value is -1.50. The zero-order valence-corrected chi connectivity index (χ0v) is 11.7. The molecule has 0 aliphatic rings. The van der Waals surface area contributed by atoms with E-state index in [9.17, 15) is 8.42 Å². The molecule has 0 spiro atoms. The van der Waals surface area contributed by atoms with Crippen LogP contribution in [-0.2, 0) is 10.0 Å². The van der Waals surface area contributed by atoms with Crippen LogP contribution in [0.4, 0.5) is 0 Å². The third-order valence-electron chi connectivity index (χ3n) is 2.82. The zero-order valence-electron chi connectivity index (χ0n) is 10.9. The van der Waals surface area contributed by atoms with E-state index in [1.54, 1.807) is 37.4 Å². The van der Waals surface area contributed by atoms with Gasteiger partial charge in [-0.05, 0) is 37.6 Å². The van der Waals surface area contributed by atoms with Crippen LogP contribution >= 0.6 is 0 Å². The molecule has 1 atom stereocenters. The molecule has 1 unspecified atom stereocenters. The van der Waals surface area contributed by atoms with Gasteiger partial charge in [-0.1, -0.05) is 6.07 Å². The van der Waals surface area contributed by atoms with Gasteiger partial charge in [-0.15, -0.1) is 0 Å². The summed E-state index contributed by atoms with van der Waals surface area (Å²) in [6, 6.07) is 6.62. The minimum absolute atomic E-state index is 0.206. The highest BCUT2D eigenvalue weighted by atomic mass is 32.2. The van der Waals surface area contributed by atoms with Gasteiger partial charge in [-0.2, -0.15) is 0 Å². The van der Waals surface area contributed by atoms with E-state index in [0.717, 1.165) is 5.56 Å². The highest BCUT2D eigenvalue weighted by molar-refractivity contribution is 7.89. The average molecular weight is 279 g/mol. The number of fused-ring (bicyclic) bond motifs is 1. The van der Waals surface area contributed by atoms with Gasteiger partial charge in [0.05, 0.1) is 10.4 Å². The Bertz CT molecular complexity index is 696. The Balaban J connectivity index is 2.54. The van der Waals surface area contributed by atoms with Crippen LogP contribution in [0, 0.1) is 6.92 Å². The van der Waals surface area contributed by atoms with Gasteiger partial charge >= 0.3 is 0 Å². The molecule has 0 radical (unpaired) electrons. The molecule has 2 aromatic rings. The highest BCUT2D eigenvalue weighted by Crippen LogP contribution is 2.23. The Labute approximate surface area is 112 Å². The van der Waals surface area contributed by atoms with Gasteiger partial charge in [0, 0.05) is 24.2 Å². The average Bonchev–Trinajstić information content (AvgIpc) is 2.37. The Morgan fingerprint density at radius 1 is 1.37 bits per heavy atom. The summed E-state index contributed by atoms with van der Waals surface area (Å²) in [6.45, 7) is 3.86. The number of aryl methyl sites for hydroxylation is 1. The number of nitrogens with zero attached hydrogens (tertiary/aromatic N) is 1. The fourth-order valence-electron chi connectivity index (χ4n) is 1.84. The van der Waals surface area contributed by atoms with Gasteiger partial charge in [-0.25, -0.2) is 13.1 Å². The van der Waals surface area contributed by atoms with E-state index in [2.05, 4.69) is 9.71 Å². The van der Waals surface area contributed by atoms with Gasteiger partial charge in [0.2, 0.25) is 10.0 Å². The topological polar surface area (TPSA) is 85.1 Å². The Kier molecular flexibility index (Phi) is 3.84. The van der Waals surface area contributed by atoms with Crippen molar-refractivity contribution in [3.63, 3.8) is 0 Å². The summed E-state index contributed by atoms with van der Waals surface area (Å²) in [4.78, 5) is 4.47. The summed E-state index contributed by atoms with van der Waals surface area (Å²) in [5, 5.41) is 0.625. The summed E-state index contributed by atoms with van der Waals surface area (Å²) in [5.74, 6) is 0. The Morgan fingerprint density at radius 3 is 2.79 bits per heavy atom. The predicted molar refractivity (Wildman–Crippen MR) is 75.3 cm³/mol. The zero-order chi connectivity index (χ0) is 14.0. The molecule has 0 saturated carbocycles. The van der Waals surface area contributed by atoms with Crippen molar-refractivity contribution in [2.75, 3.05) is 6.54 Å². The molecule has 0 amide bonds. The maximum atomic E-state index is 12.3. The summed E-state index contributed by atoms with van der Waals surface area (Å²) in [6.07, 6.45) is 1.65. The molecular weight excluding hydrogens is 262 g/mol. The third-order valence-corrected chi connectivity index (χ3v) is 4.30. The molecule has 5 nitrogen and oxygen atoms in total. The maximum absolute atomic E-state index is 12.3. The molecule has 0 saturated heterocycles. The van der Waals surface area contributed by atoms with E-state index < -0.39 is 10.0 Å². The molecule has 6 heteroatoms. The van der Waals surface area contributed by atoms with Gasteiger partial charge in [0.15, 0.2) is 0 Å². The van der Waals surface area contributed by atoms with Crippen LogP contribution < -0.4 is 10.5 Å². The van der Waals surface area contributed by atoms with Crippen molar-refractivity contribution >= 4 is 20.9 Å². The number of nitrogens with two attached hydrogens (primary N) is 1. The number of nitrogens with one attached hydrogen (secondary N) is 1. The monoisotopic (exact) mass is 279 g/mol. The van der Waals surface area contributed by atoms with E-state index in [4.69, 9.17) is 5.73 Å². The second-order valence-electron chi connectivity index (χ2n) is 4.61. The standard InChI is InChI=1S/C13H17N3O2S/c1-9-5-6-12(11-4-3-7-15-13(9)11)19(17,18)16-8-10(2)14/h3-7,10,16H,8,14H2,1-2H3. The molecule has 3 N–H and O–H groups in total. The van der Waals surface area contributed by atoms with E-state index in [1.165, 1.54) is 0 Å². The van der Waals surface area contributed by atoms with E-state index in [0.29, 0.717) is 10.9 Å². The third kappa shape index (κ3) is 2.91. The molecule has 0 bridgehead atoms. The first-order valence-electron chi connectivity index (χ1n) is 6.01. The number of rotatable bonds is 4. The summed E-state index contributed by atoms with van der Waals surface area (Å²) < 4.78 is 27.0. The molecule has 0 fully saturated rings. The highest BCUT2D eigenvalue weighted by Gasteiger charge is 2.18. The van der Waals surface area contributed by atoms with Gasteiger partial charge < -0.3 is 5.73 Å². The summed E-state index contributed by atoms with van der Waals surface area (Å²) in [5.41, 5.74) is 7.22. The molecule has 1 aromatic carbocycles. The van der Waals surface area contributed by atoms with Crippen LogP contribution in [0.2, 0.25) is 0 Å². The number of aromatic nitrogens is 1. The lowest BCUT2D eigenvalue weighted by Gasteiger charge is -2.11. The molecule has 2 rings (SSSR count). The number of hydrogen-bond donors (Lipinski definition) is 2. The maximum Gasteiger partial charge on any atom is 0.241 e. The van der Waals surface area contributed by atoms with Crippen LogP contribution in [0.15, 0.2) is 35.4 Å². The molecule has 102 valence electrons. The number of benzene rings is 1. The lowest BCUT2D eigenvalue weighted by Crippen LogP contribution is -2.35. The van der Waals surface area contributed by atoms with Crippen molar-refractivity contribution in [2.24, 2.45) is 5.73 Å². The van der Waals surface area contributed by atoms with E-state index in [-0.39, 0.29) is 17.5 Å². The van der Waals surface area contributed by atoms with E-state index >= 15 is 0 Å². The van der Waals surface area contributed by atoms with Crippen molar-refractivity contribution < 1.29 is 8.42 Å². The first-order chi connectivity index (χ1) is 8.92. The van der Waals surface area contributed by atoms with Gasteiger partial charge in [0.1, 0.15) is 0 Å². The van der Waals surface area contributed by atoms with Crippen LogP contribution in [0.1, 0.15) is 12.5 Å². The summed E-state index contributed by atoms with van der Waals surface area (Å²) >= 11 is 0. The second-order valence-corrected chi connectivity index (χ2v) is 6.34. The first-order valence-corrected chi connectivity index (χ1v) is 7.50. The minimum Gasteiger partial charge on any atom is -0.327 e. The Morgan fingerprint density at radius 2 is 2.11 bits per heavy atom. The van der Waals surface area contributed by atoms with Crippen molar-refractivity contribution in [3.8, 4) is 0 Å². The number of sulfonamides is 1. The fourth-order valence-corrected chi connectivity index (χ4v) is 3.18. The summed E-state index contributed by atoms with van der Waals surface area (Å²) in [7, 11) is -3.57.